The number of nitrogens with one attached hydrogen (secondary N) is 1. The first kappa shape index (κ1) is 19.7. The van der Waals surface area contributed by atoms with E-state index in [0.29, 0.717) is 24.5 Å². The van der Waals surface area contributed by atoms with Gasteiger partial charge in [-0.25, -0.2) is 0 Å². The summed E-state index contributed by atoms with van der Waals surface area (Å²) in [5, 5.41) is 12.8. The molecule has 0 spiro atoms. The Labute approximate surface area is 149 Å². The molecule has 0 aromatic carbocycles. The lowest BCUT2D eigenvalue weighted by atomic mass is 9.71. The second kappa shape index (κ2) is 9.77. The number of allylic oxidation sites excluding steroid dienone is 4. The van der Waals surface area contributed by atoms with Crippen molar-refractivity contribution in [3.63, 3.8) is 0 Å². The van der Waals surface area contributed by atoms with Crippen LogP contribution < -0.4 is 5.32 Å². The number of aliphatic hydroxyl groups is 1. The molecule has 2 aliphatic carbocycles. The fourth-order valence-corrected chi connectivity index (χ4v) is 4.80. The van der Waals surface area contributed by atoms with Crippen LogP contribution in [0.3, 0.4) is 0 Å². The van der Waals surface area contributed by atoms with Gasteiger partial charge in [0.25, 0.3) is 0 Å². The lowest BCUT2D eigenvalue weighted by Gasteiger charge is -2.38. The van der Waals surface area contributed by atoms with Gasteiger partial charge in [-0.05, 0) is 82.1 Å². The Morgan fingerprint density at radius 2 is 1.92 bits per heavy atom. The highest BCUT2D eigenvalue weighted by atomic mass is 16.3. The molecule has 0 aliphatic heterocycles. The van der Waals surface area contributed by atoms with Gasteiger partial charge >= 0.3 is 0 Å². The van der Waals surface area contributed by atoms with Gasteiger partial charge in [0.2, 0.25) is 0 Å². The molecule has 2 heteroatoms. The van der Waals surface area contributed by atoms with Gasteiger partial charge in [0.1, 0.15) is 0 Å². The van der Waals surface area contributed by atoms with Crippen molar-refractivity contribution in [3.05, 3.63) is 23.8 Å². The van der Waals surface area contributed by atoms with Gasteiger partial charge < -0.3 is 10.4 Å². The fourth-order valence-electron chi connectivity index (χ4n) is 4.80. The molecule has 6 atom stereocenters. The van der Waals surface area contributed by atoms with Crippen LogP contribution in [0, 0.1) is 29.6 Å². The normalized spacial score (nSPS) is 38.6. The SMILES string of the molecule is CNC1CC(C)C(C/C=C(C)/C=C/C2CCCC(CO)C2)CC1C. The lowest BCUT2D eigenvalue weighted by Crippen LogP contribution is -2.40. The highest BCUT2D eigenvalue weighted by molar-refractivity contribution is 5.17. The summed E-state index contributed by atoms with van der Waals surface area (Å²) >= 11 is 0. The van der Waals surface area contributed by atoms with Crippen molar-refractivity contribution in [1.29, 1.82) is 0 Å². The van der Waals surface area contributed by atoms with Crippen molar-refractivity contribution in [2.24, 2.45) is 29.6 Å². The first-order valence-electron chi connectivity index (χ1n) is 10.2. The summed E-state index contributed by atoms with van der Waals surface area (Å²) in [6.45, 7) is 7.44. The minimum absolute atomic E-state index is 0.366. The molecule has 6 unspecified atom stereocenters. The van der Waals surface area contributed by atoms with E-state index in [2.05, 4.69) is 51.4 Å². The molecule has 0 bridgehead atoms. The topological polar surface area (TPSA) is 32.3 Å². The Hall–Kier alpha value is -0.600. The van der Waals surface area contributed by atoms with Gasteiger partial charge in [-0.2, -0.15) is 0 Å². The van der Waals surface area contributed by atoms with Crippen LogP contribution in [-0.4, -0.2) is 24.8 Å². The minimum Gasteiger partial charge on any atom is -0.396 e. The highest BCUT2D eigenvalue weighted by Crippen LogP contribution is 2.36. The quantitative estimate of drug-likeness (QED) is 0.674. The molecule has 2 nitrogen and oxygen atoms in total. The summed E-state index contributed by atoms with van der Waals surface area (Å²) in [6.07, 6.45) is 16.0. The van der Waals surface area contributed by atoms with E-state index in [1.54, 1.807) is 0 Å². The lowest BCUT2D eigenvalue weighted by molar-refractivity contribution is 0.161. The van der Waals surface area contributed by atoms with E-state index in [1.807, 2.05) is 0 Å². The third kappa shape index (κ3) is 5.74. The van der Waals surface area contributed by atoms with Crippen LogP contribution in [0.1, 0.15) is 65.7 Å². The van der Waals surface area contributed by atoms with E-state index in [0.717, 1.165) is 17.8 Å². The van der Waals surface area contributed by atoms with Crippen molar-refractivity contribution >= 4 is 0 Å². The Morgan fingerprint density at radius 1 is 1.12 bits per heavy atom. The number of rotatable bonds is 6. The van der Waals surface area contributed by atoms with Crippen LogP contribution in [0.2, 0.25) is 0 Å². The summed E-state index contributed by atoms with van der Waals surface area (Å²) in [6, 6.07) is 0.701. The number of aliphatic hydroxyl groups excluding tert-OH is 1. The van der Waals surface area contributed by atoms with E-state index < -0.39 is 0 Å². The maximum atomic E-state index is 9.36. The molecule has 0 aromatic rings. The van der Waals surface area contributed by atoms with E-state index in [9.17, 15) is 5.11 Å². The maximum Gasteiger partial charge on any atom is 0.0459 e. The molecule has 0 aromatic heterocycles. The molecule has 0 amide bonds. The molecule has 2 saturated carbocycles. The van der Waals surface area contributed by atoms with Gasteiger partial charge in [0, 0.05) is 12.6 Å². The standard InChI is InChI=1S/C22H39NO/c1-16(8-10-19-6-5-7-20(14-19)15-24)9-11-21-12-18(3)22(23-4)13-17(21)2/h8-10,17-24H,5-7,11-15H2,1-4H3/b10-8+,16-9+. The van der Waals surface area contributed by atoms with Crippen LogP contribution >= 0.6 is 0 Å². The van der Waals surface area contributed by atoms with Crippen molar-refractivity contribution in [3.8, 4) is 0 Å². The Morgan fingerprint density at radius 3 is 2.62 bits per heavy atom. The van der Waals surface area contributed by atoms with Crippen molar-refractivity contribution in [1.82, 2.24) is 5.32 Å². The third-order valence-electron chi connectivity index (χ3n) is 6.62. The maximum absolute atomic E-state index is 9.36. The monoisotopic (exact) mass is 333 g/mol. The number of hydrogen-bond donors (Lipinski definition) is 2. The van der Waals surface area contributed by atoms with Crippen molar-refractivity contribution in [2.45, 2.75) is 71.8 Å². The zero-order valence-electron chi connectivity index (χ0n) is 16.3. The second-order valence-electron chi connectivity index (χ2n) is 8.60. The highest BCUT2D eigenvalue weighted by Gasteiger charge is 2.31. The Bertz CT molecular complexity index is 428. The molecule has 0 heterocycles. The molecule has 2 N–H and O–H groups in total. The van der Waals surface area contributed by atoms with Gasteiger partial charge in [-0.1, -0.05) is 44.1 Å². The first-order chi connectivity index (χ1) is 11.5. The van der Waals surface area contributed by atoms with Gasteiger partial charge in [0.05, 0.1) is 0 Å². The molecular weight excluding hydrogens is 294 g/mol. The molecular formula is C22H39NO. The van der Waals surface area contributed by atoms with E-state index >= 15 is 0 Å². The smallest absolute Gasteiger partial charge is 0.0459 e. The average molecular weight is 334 g/mol. The molecule has 2 fully saturated rings. The predicted molar refractivity (Wildman–Crippen MR) is 104 cm³/mol. The van der Waals surface area contributed by atoms with Crippen molar-refractivity contribution < 1.29 is 5.11 Å². The molecule has 0 radical (unpaired) electrons. The van der Waals surface area contributed by atoms with Gasteiger partial charge in [-0.15, -0.1) is 0 Å². The zero-order valence-corrected chi connectivity index (χ0v) is 16.3. The average Bonchev–Trinajstić information content (AvgIpc) is 2.60. The van der Waals surface area contributed by atoms with Crippen LogP contribution in [0.5, 0.6) is 0 Å². The second-order valence-corrected chi connectivity index (χ2v) is 8.60. The van der Waals surface area contributed by atoms with Crippen LogP contribution in [0.25, 0.3) is 0 Å². The predicted octanol–water partition coefficient (Wildman–Crippen LogP) is 4.95. The molecule has 24 heavy (non-hydrogen) atoms. The van der Waals surface area contributed by atoms with E-state index in [1.165, 1.54) is 50.5 Å². The van der Waals surface area contributed by atoms with Gasteiger partial charge in [0.15, 0.2) is 0 Å². The van der Waals surface area contributed by atoms with Crippen LogP contribution in [0.15, 0.2) is 23.8 Å². The fraction of sp³-hybridized carbons (Fsp3) is 0.818. The molecule has 2 rings (SSSR count). The van der Waals surface area contributed by atoms with Crippen molar-refractivity contribution in [2.75, 3.05) is 13.7 Å². The third-order valence-corrected chi connectivity index (χ3v) is 6.62. The van der Waals surface area contributed by atoms with E-state index in [4.69, 9.17) is 0 Å². The summed E-state index contributed by atoms with van der Waals surface area (Å²) in [7, 11) is 2.11. The molecule has 2 aliphatic rings. The van der Waals surface area contributed by atoms with Crippen LogP contribution in [-0.2, 0) is 0 Å². The Kier molecular flexibility index (Phi) is 8.03. The van der Waals surface area contributed by atoms with E-state index in [-0.39, 0.29) is 0 Å². The summed E-state index contributed by atoms with van der Waals surface area (Å²) in [5.74, 6) is 3.64. The largest absolute Gasteiger partial charge is 0.396 e. The molecule has 138 valence electrons. The summed E-state index contributed by atoms with van der Waals surface area (Å²) in [4.78, 5) is 0. The van der Waals surface area contributed by atoms with Gasteiger partial charge in [-0.3, -0.25) is 0 Å². The summed E-state index contributed by atoms with van der Waals surface area (Å²) < 4.78 is 0. The number of hydrogen-bond acceptors (Lipinski definition) is 2. The minimum atomic E-state index is 0.366. The summed E-state index contributed by atoms with van der Waals surface area (Å²) in [5.41, 5.74) is 1.41. The molecule has 0 saturated heterocycles. The van der Waals surface area contributed by atoms with Crippen LogP contribution in [0.4, 0.5) is 0 Å². The first-order valence-corrected chi connectivity index (χ1v) is 10.2. The Balaban J connectivity index is 1.82. The zero-order chi connectivity index (χ0) is 17.5.